The molecule has 1 aromatic carbocycles. The number of nitrogens with zero attached hydrogens (tertiary/aromatic N) is 5. The summed E-state index contributed by atoms with van der Waals surface area (Å²) in [6.45, 7) is 2.23. The molecule has 0 saturated carbocycles. The Morgan fingerprint density at radius 1 is 1.00 bits per heavy atom. The van der Waals surface area contributed by atoms with Crippen LogP contribution in [0.15, 0.2) is 83.7 Å². The van der Waals surface area contributed by atoms with Gasteiger partial charge in [-0.25, -0.2) is 9.67 Å². The third-order valence-electron chi connectivity index (χ3n) is 4.54. The maximum atomic E-state index is 13.5. The summed E-state index contributed by atoms with van der Waals surface area (Å²) in [6, 6.07) is 18.9. The van der Waals surface area contributed by atoms with E-state index in [1.54, 1.807) is 28.2 Å². The van der Waals surface area contributed by atoms with Crippen LogP contribution in [0, 0.1) is 6.92 Å². The maximum Gasteiger partial charge on any atom is 0.262 e. The molecule has 0 aliphatic heterocycles. The summed E-state index contributed by atoms with van der Waals surface area (Å²) in [6.07, 6.45) is 5.02. The van der Waals surface area contributed by atoms with E-state index in [2.05, 4.69) is 31.0 Å². The molecule has 3 aromatic heterocycles. The number of carbonyl (C=O) groups is 1. The van der Waals surface area contributed by atoms with E-state index in [1.165, 1.54) is 0 Å². The predicted molar refractivity (Wildman–Crippen MR) is 115 cm³/mol. The molecule has 0 bridgehead atoms. The smallest absolute Gasteiger partial charge is 0.262 e. The van der Waals surface area contributed by atoms with Gasteiger partial charge in [0, 0.05) is 22.6 Å². The van der Waals surface area contributed by atoms with Gasteiger partial charge in [-0.05, 0) is 55.5 Å². The van der Waals surface area contributed by atoms with Crippen LogP contribution in [0.4, 0.5) is 5.69 Å². The highest BCUT2D eigenvalue weighted by Gasteiger charge is 2.23. The molecule has 3 heterocycles. The van der Waals surface area contributed by atoms with E-state index in [0.717, 1.165) is 21.5 Å². The number of pyridine rings is 2. The topological polar surface area (TPSA) is 63.9 Å². The lowest BCUT2D eigenvalue weighted by Crippen LogP contribution is -2.31. The average Bonchev–Trinajstić information content (AvgIpc) is 3.15. The molecule has 0 radical (unpaired) electrons. The first-order chi connectivity index (χ1) is 14.1. The highest BCUT2D eigenvalue weighted by Crippen LogP contribution is 2.24. The molecule has 4 rings (SSSR count). The number of hydrogen-bond donors (Lipinski definition) is 0. The van der Waals surface area contributed by atoms with Gasteiger partial charge < -0.3 is 4.90 Å². The summed E-state index contributed by atoms with van der Waals surface area (Å²) in [5.74, 6) is 0.529. The van der Waals surface area contributed by atoms with Gasteiger partial charge in [0.2, 0.25) is 0 Å². The van der Waals surface area contributed by atoms with Crippen molar-refractivity contribution in [2.24, 2.45) is 0 Å². The van der Waals surface area contributed by atoms with E-state index < -0.39 is 0 Å². The van der Waals surface area contributed by atoms with Crippen LogP contribution >= 0.6 is 15.9 Å². The number of carbonyl (C=O) groups excluding carboxylic acids is 1. The first kappa shape index (κ1) is 19.0. The van der Waals surface area contributed by atoms with Crippen molar-refractivity contribution in [1.29, 1.82) is 0 Å². The predicted octanol–water partition coefficient (Wildman–Crippen LogP) is 4.58. The molecule has 0 spiro atoms. The van der Waals surface area contributed by atoms with Crippen molar-refractivity contribution < 1.29 is 4.79 Å². The molecule has 0 aliphatic rings. The Morgan fingerprint density at radius 2 is 1.72 bits per heavy atom. The van der Waals surface area contributed by atoms with Crippen molar-refractivity contribution in [2.75, 3.05) is 4.90 Å². The van der Waals surface area contributed by atoms with Gasteiger partial charge in [0.25, 0.3) is 5.91 Å². The van der Waals surface area contributed by atoms with Crippen LogP contribution in [0.25, 0.3) is 5.82 Å². The number of amides is 1. The molecule has 0 aliphatic carbocycles. The summed E-state index contributed by atoms with van der Waals surface area (Å²) >= 11 is 3.45. The van der Waals surface area contributed by atoms with Crippen molar-refractivity contribution in [2.45, 2.75) is 13.5 Å². The number of benzene rings is 1. The number of anilines is 1. The molecule has 0 N–H and O–H groups in total. The van der Waals surface area contributed by atoms with Crippen LogP contribution < -0.4 is 4.90 Å². The lowest BCUT2D eigenvalue weighted by molar-refractivity contribution is 0.0984. The minimum atomic E-state index is -0.141. The largest absolute Gasteiger partial charge is 0.302 e. The van der Waals surface area contributed by atoms with Crippen LogP contribution in [-0.2, 0) is 6.54 Å². The number of halogens is 1. The normalized spacial score (nSPS) is 10.7. The lowest BCUT2D eigenvalue weighted by atomic mass is 10.2. The van der Waals surface area contributed by atoms with E-state index in [4.69, 9.17) is 0 Å². The van der Waals surface area contributed by atoms with Crippen molar-refractivity contribution in [3.05, 3.63) is 101 Å². The molecule has 1 amide bonds. The monoisotopic (exact) mass is 447 g/mol. The Labute approximate surface area is 177 Å². The third kappa shape index (κ3) is 4.09. The molecule has 7 heteroatoms. The molecular formula is C22H18BrN5O. The Hall–Kier alpha value is -3.32. The van der Waals surface area contributed by atoms with E-state index in [-0.39, 0.29) is 5.91 Å². The van der Waals surface area contributed by atoms with Gasteiger partial charge in [-0.3, -0.25) is 9.78 Å². The molecular weight excluding hydrogens is 430 g/mol. The first-order valence-electron chi connectivity index (χ1n) is 9.07. The van der Waals surface area contributed by atoms with Gasteiger partial charge in [0.15, 0.2) is 5.82 Å². The summed E-state index contributed by atoms with van der Waals surface area (Å²) in [7, 11) is 0. The summed E-state index contributed by atoms with van der Waals surface area (Å²) in [4.78, 5) is 23.9. The highest BCUT2D eigenvalue weighted by atomic mass is 79.9. The van der Waals surface area contributed by atoms with Crippen molar-refractivity contribution in [1.82, 2.24) is 19.7 Å². The fourth-order valence-corrected chi connectivity index (χ4v) is 3.29. The molecule has 29 heavy (non-hydrogen) atoms. The van der Waals surface area contributed by atoms with Gasteiger partial charge in [-0.15, -0.1) is 0 Å². The second-order valence-electron chi connectivity index (χ2n) is 6.43. The maximum absolute atomic E-state index is 13.5. The number of hydrogen-bond acceptors (Lipinski definition) is 4. The summed E-state index contributed by atoms with van der Waals surface area (Å²) in [5, 5.41) is 4.39. The second-order valence-corrected chi connectivity index (χ2v) is 7.35. The van der Waals surface area contributed by atoms with Gasteiger partial charge in [0.1, 0.15) is 0 Å². The zero-order valence-corrected chi connectivity index (χ0v) is 17.3. The van der Waals surface area contributed by atoms with Gasteiger partial charge in [0.05, 0.1) is 29.7 Å². The standard InChI is InChI=1S/C22H18BrN5O/c1-16-20(14-26-28(16)21-7-3-5-13-25-21)22(29)27(15-18-6-2-4-12-24-18)19-10-8-17(23)9-11-19/h2-14H,15H2,1H3. The average molecular weight is 448 g/mol. The Balaban J connectivity index is 1.72. The van der Waals surface area contributed by atoms with Gasteiger partial charge in [-0.1, -0.05) is 28.1 Å². The van der Waals surface area contributed by atoms with Crippen LogP contribution in [0.3, 0.4) is 0 Å². The number of aromatic nitrogens is 4. The fraction of sp³-hybridized carbons (Fsp3) is 0.0909. The second kappa shape index (κ2) is 8.36. The number of rotatable bonds is 5. The van der Waals surface area contributed by atoms with E-state index >= 15 is 0 Å². The van der Waals surface area contributed by atoms with Crippen LogP contribution in [0.2, 0.25) is 0 Å². The zero-order chi connectivity index (χ0) is 20.2. The van der Waals surface area contributed by atoms with E-state index in [1.807, 2.05) is 67.6 Å². The van der Waals surface area contributed by atoms with Crippen LogP contribution in [0.5, 0.6) is 0 Å². The summed E-state index contributed by atoms with van der Waals surface area (Å²) < 4.78 is 2.62. The molecule has 0 unspecified atom stereocenters. The highest BCUT2D eigenvalue weighted by molar-refractivity contribution is 9.10. The van der Waals surface area contributed by atoms with Crippen molar-refractivity contribution >= 4 is 27.5 Å². The summed E-state index contributed by atoms with van der Waals surface area (Å²) in [5.41, 5.74) is 2.85. The van der Waals surface area contributed by atoms with Gasteiger partial charge in [-0.2, -0.15) is 5.10 Å². The molecule has 144 valence electrons. The minimum absolute atomic E-state index is 0.141. The SMILES string of the molecule is Cc1c(C(=O)N(Cc2ccccn2)c2ccc(Br)cc2)cnn1-c1ccccn1. The Bertz CT molecular complexity index is 1110. The van der Waals surface area contributed by atoms with Crippen molar-refractivity contribution in [3.63, 3.8) is 0 Å². The molecule has 6 nitrogen and oxygen atoms in total. The molecule has 4 aromatic rings. The van der Waals surface area contributed by atoms with Crippen molar-refractivity contribution in [3.8, 4) is 5.82 Å². The van der Waals surface area contributed by atoms with E-state index in [0.29, 0.717) is 17.9 Å². The Kier molecular flexibility index (Phi) is 5.48. The molecule has 0 fully saturated rings. The van der Waals surface area contributed by atoms with E-state index in [9.17, 15) is 4.79 Å². The molecule has 0 atom stereocenters. The Morgan fingerprint density at radius 3 is 2.38 bits per heavy atom. The third-order valence-corrected chi connectivity index (χ3v) is 5.06. The molecule has 0 saturated heterocycles. The zero-order valence-electron chi connectivity index (χ0n) is 15.7. The van der Waals surface area contributed by atoms with Gasteiger partial charge >= 0.3 is 0 Å². The van der Waals surface area contributed by atoms with Crippen LogP contribution in [0.1, 0.15) is 21.7 Å². The fourth-order valence-electron chi connectivity index (χ4n) is 3.03. The minimum Gasteiger partial charge on any atom is -0.302 e. The quantitative estimate of drug-likeness (QED) is 0.449. The van der Waals surface area contributed by atoms with Crippen LogP contribution in [-0.4, -0.2) is 25.7 Å². The lowest BCUT2D eigenvalue weighted by Gasteiger charge is -2.22. The first-order valence-corrected chi connectivity index (χ1v) is 9.86.